The number of aryl methyl sites for hydroxylation is 1. The first kappa shape index (κ1) is 18.0. The molecule has 2 bridgehead atoms. The van der Waals surface area contributed by atoms with Gasteiger partial charge in [-0.25, -0.2) is 8.78 Å². The smallest absolute Gasteiger partial charge is 0.248 e. The number of nitrogens with one attached hydrogen (secondary N) is 1. The Bertz CT molecular complexity index is 1320. The van der Waals surface area contributed by atoms with Crippen molar-refractivity contribution < 1.29 is 24.5 Å². The van der Waals surface area contributed by atoms with Crippen molar-refractivity contribution in [2.24, 2.45) is 5.92 Å². The molecule has 1 amide bonds. The molecule has 1 aromatic heterocycles. The first-order chi connectivity index (χ1) is 20.7. The molecule has 0 spiro atoms. The number of halogens is 2. The van der Waals surface area contributed by atoms with Gasteiger partial charge in [0, 0.05) is 60.3 Å². The third-order valence-corrected chi connectivity index (χ3v) is 7.95. The fourth-order valence-electron chi connectivity index (χ4n) is 6.16. The van der Waals surface area contributed by atoms with Crippen LogP contribution in [0.15, 0.2) is 30.3 Å². The number of carbonyl (C=O) groups is 1. The van der Waals surface area contributed by atoms with Gasteiger partial charge in [0.25, 0.3) is 0 Å². The molecule has 3 fully saturated rings. The van der Waals surface area contributed by atoms with Gasteiger partial charge in [-0.15, -0.1) is 10.2 Å². The average Bonchev–Trinajstić information content (AvgIpc) is 3.43. The number of aromatic nitrogens is 3. The number of fused-ring (bicyclic) bond motifs is 2. The Kier molecular flexibility index (Phi) is 5.26. The molecule has 1 aromatic carbocycles. The molecule has 2 aliphatic heterocycles. The van der Waals surface area contributed by atoms with Gasteiger partial charge in [-0.05, 0) is 57.3 Å². The number of hydrogen-bond donors (Lipinski definition) is 1. The summed E-state index contributed by atoms with van der Waals surface area (Å²) in [5.74, 6) is -7.31. The van der Waals surface area contributed by atoms with E-state index in [0.29, 0.717) is 31.6 Å². The van der Waals surface area contributed by atoms with E-state index in [9.17, 15) is 13.6 Å². The predicted octanol–water partition coefficient (Wildman–Crippen LogP) is 5.95. The summed E-state index contributed by atoms with van der Waals surface area (Å²) in [4.78, 5) is 15.8. The third kappa shape index (κ3) is 5.74. The molecule has 3 heterocycles. The highest BCUT2D eigenvalue weighted by Crippen LogP contribution is 2.42. The fourth-order valence-corrected chi connectivity index (χ4v) is 6.16. The Morgan fingerprint density at radius 2 is 1.84 bits per heavy atom. The lowest BCUT2D eigenvalue weighted by Crippen LogP contribution is -2.45. The van der Waals surface area contributed by atoms with E-state index in [1.54, 1.807) is 30.5 Å². The summed E-state index contributed by atoms with van der Waals surface area (Å²) < 4.78 is 95.5. The van der Waals surface area contributed by atoms with Crippen LogP contribution in [0.4, 0.5) is 8.78 Å². The zero-order valence-electron chi connectivity index (χ0n) is 29.4. The van der Waals surface area contributed by atoms with Gasteiger partial charge in [0.1, 0.15) is 11.6 Å². The van der Waals surface area contributed by atoms with Crippen molar-refractivity contribution in [1.29, 1.82) is 0 Å². The number of benzene rings is 1. The molecule has 2 saturated heterocycles. The molecule has 5 rings (SSSR count). The fraction of sp³-hybridized carbons (Fsp3) is 0.690. The molecule has 2 aromatic rings. The van der Waals surface area contributed by atoms with Crippen LogP contribution < -0.4 is 5.32 Å². The molecule has 3 atom stereocenters. The third-order valence-electron chi connectivity index (χ3n) is 7.95. The molecular formula is C29H41F2N5O. The van der Waals surface area contributed by atoms with Crippen LogP contribution in [0.25, 0.3) is 0 Å². The quantitative estimate of drug-likeness (QED) is 0.466. The van der Waals surface area contributed by atoms with Crippen LogP contribution in [-0.4, -0.2) is 50.1 Å². The van der Waals surface area contributed by atoms with Crippen molar-refractivity contribution in [2.75, 3.05) is 6.54 Å². The van der Waals surface area contributed by atoms with E-state index in [1.165, 1.54) is 0 Å². The van der Waals surface area contributed by atoms with E-state index in [-0.39, 0.29) is 23.9 Å². The monoisotopic (exact) mass is 521 g/mol. The van der Waals surface area contributed by atoms with Crippen LogP contribution in [0.1, 0.15) is 118 Å². The molecule has 202 valence electrons. The lowest BCUT2D eigenvalue weighted by atomic mass is 9.86. The van der Waals surface area contributed by atoms with Gasteiger partial charge in [0.2, 0.25) is 11.8 Å². The first-order valence-corrected chi connectivity index (χ1v) is 13.1. The SMILES string of the molecule is [2H]C([2H])([2H])c1nnc(C([2H])(C)C)n1C1CC2CCC(C1)N2CCC(NC(=O)C1C([2H])([2H])CC(F)(F)CC1([2H])[2H])c1ccccc1. The van der Waals surface area contributed by atoms with Crippen LogP contribution >= 0.6 is 0 Å². The van der Waals surface area contributed by atoms with Crippen LogP contribution in [0.3, 0.4) is 0 Å². The normalized spacial score (nSPS) is 33.5. The second kappa shape index (κ2) is 10.8. The van der Waals surface area contributed by atoms with Crippen LogP contribution in [0, 0.1) is 12.8 Å². The number of rotatable bonds is 8. The molecule has 1 saturated carbocycles. The topological polar surface area (TPSA) is 63.1 Å². The number of piperidine rings is 1. The average molecular weight is 522 g/mol. The van der Waals surface area contributed by atoms with Crippen LogP contribution in [0.5, 0.6) is 0 Å². The van der Waals surface area contributed by atoms with Gasteiger partial charge in [0.05, 0.1) is 6.04 Å². The Labute approximate surface area is 230 Å². The van der Waals surface area contributed by atoms with Crippen molar-refractivity contribution in [3.63, 3.8) is 0 Å². The van der Waals surface area contributed by atoms with Gasteiger partial charge in [-0.3, -0.25) is 9.69 Å². The lowest BCUT2D eigenvalue weighted by molar-refractivity contribution is -0.130. The molecule has 37 heavy (non-hydrogen) atoms. The van der Waals surface area contributed by atoms with Gasteiger partial charge >= 0.3 is 0 Å². The zero-order chi connectivity index (χ0) is 33.2. The highest BCUT2D eigenvalue weighted by molar-refractivity contribution is 5.79. The van der Waals surface area contributed by atoms with Crippen LogP contribution in [-0.2, 0) is 4.79 Å². The van der Waals surface area contributed by atoms with Gasteiger partial charge in [0.15, 0.2) is 0 Å². The summed E-state index contributed by atoms with van der Waals surface area (Å²) in [6, 6.07) is 8.47. The summed E-state index contributed by atoms with van der Waals surface area (Å²) in [5, 5.41) is 10.9. The number of amides is 1. The standard InChI is InChI=1S/C29H41F2N5O/c1-19(2)27-34-33-20(3)36(27)25-17-23-9-10-24(18-25)35(23)16-13-26(21-7-5-4-6-8-21)32-28(37)22-11-14-29(30,31)15-12-22/h4-8,19,22-26H,9-18H2,1-3H3,(H,32,37)/i3D3,11D2,12D2,19D. The second-order valence-corrected chi connectivity index (χ2v) is 10.8. The maximum Gasteiger partial charge on any atom is 0.248 e. The number of alkyl halides is 2. The molecule has 3 aliphatic rings. The summed E-state index contributed by atoms with van der Waals surface area (Å²) in [6.45, 7) is 1.39. The Hall–Kier alpha value is -2.35. The Morgan fingerprint density at radius 3 is 2.46 bits per heavy atom. The minimum absolute atomic E-state index is 0.109. The maximum atomic E-state index is 14.2. The van der Waals surface area contributed by atoms with E-state index in [4.69, 9.17) is 11.0 Å². The molecule has 1 aliphatic carbocycles. The minimum Gasteiger partial charge on any atom is -0.349 e. The molecule has 1 N–H and O–H groups in total. The van der Waals surface area contributed by atoms with Crippen molar-refractivity contribution in [2.45, 2.75) is 114 Å². The van der Waals surface area contributed by atoms with E-state index in [1.807, 2.05) is 18.2 Å². The minimum atomic E-state index is -3.55. The second-order valence-electron chi connectivity index (χ2n) is 10.8. The largest absolute Gasteiger partial charge is 0.349 e. The number of hydrogen-bond acceptors (Lipinski definition) is 4. The van der Waals surface area contributed by atoms with E-state index in [0.717, 1.165) is 18.4 Å². The summed E-state index contributed by atoms with van der Waals surface area (Å²) in [5.41, 5.74) is 0.740. The summed E-state index contributed by atoms with van der Waals surface area (Å²) in [6.07, 6.45) is -4.43. The van der Waals surface area contributed by atoms with E-state index in [2.05, 4.69) is 20.4 Å². The molecule has 8 heteroatoms. The van der Waals surface area contributed by atoms with Gasteiger partial charge < -0.3 is 9.88 Å². The predicted molar refractivity (Wildman–Crippen MR) is 139 cm³/mol. The highest BCUT2D eigenvalue weighted by Gasteiger charge is 2.42. The van der Waals surface area contributed by atoms with Gasteiger partial charge in [-0.2, -0.15) is 0 Å². The molecular weight excluding hydrogens is 472 g/mol. The Balaban J connectivity index is 1.34. The molecule has 6 nitrogen and oxygen atoms in total. The summed E-state index contributed by atoms with van der Waals surface area (Å²) in [7, 11) is 0. The number of nitrogens with zero attached hydrogens (tertiary/aromatic N) is 4. The molecule has 0 radical (unpaired) electrons. The molecule has 3 unspecified atom stereocenters. The van der Waals surface area contributed by atoms with E-state index >= 15 is 0 Å². The zero-order valence-corrected chi connectivity index (χ0v) is 21.4. The van der Waals surface area contributed by atoms with Gasteiger partial charge in [-0.1, -0.05) is 44.2 Å². The van der Waals surface area contributed by atoms with Crippen molar-refractivity contribution in [1.82, 2.24) is 25.0 Å². The maximum absolute atomic E-state index is 14.2. The van der Waals surface area contributed by atoms with E-state index < -0.39 is 62.1 Å². The Morgan fingerprint density at radius 1 is 1.16 bits per heavy atom. The number of carbonyl (C=O) groups excluding carboxylic acids is 1. The first-order valence-electron chi connectivity index (χ1n) is 17.1. The summed E-state index contributed by atoms with van der Waals surface area (Å²) >= 11 is 0. The van der Waals surface area contributed by atoms with Crippen molar-refractivity contribution in [3.05, 3.63) is 47.5 Å². The van der Waals surface area contributed by atoms with Crippen LogP contribution in [0.2, 0.25) is 0 Å². The highest BCUT2D eigenvalue weighted by atomic mass is 19.3. The van der Waals surface area contributed by atoms with Crippen molar-refractivity contribution in [3.8, 4) is 0 Å². The van der Waals surface area contributed by atoms with Crippen molar-refractivity contribution >= 4 is 5.91 Å². The lowest BCUT2D eigenvalue weighted by Gasteiger charge is -2.40.